The lowest BCUT2D eigenvalue weighted by Gasteiger charge is -2.21. The molecular weight excluding hydrogens is 272 g/mol. The number of hydrogen-bond donors (Lipinski definition) is 1. The summed E-state index contributed by atoms with van der Waals surface area (Å²) in [6.07, 6.45) is 1.62. The van der Waals surface area contributed by atoms with Gasteiger partial charge in [0.1, 0.15) is 6.54 Å². The average molecular weight is 290 g/mol. The first-order valence-electron chi connectivity index (χ1n) is 6.56. The molecule has 0 aliphatic carbocycles. The number of hydrogen-bond acceptors (Lipinski definition) is 3. The van der Waals surface area contributed by atoms with E-state index in [1.165, 1.54) is 10.6 Å². The minimum absolute atomic E-state index is 0.0121. The lowest BCUT2D eigenvalue weighted by molar-refractivity contribution is -0.122. The van der Waals surface area contributed by atoms with Crippen molar-refractivity contribution in [3.8, 4) is 0 Å². The molecule has 0 aromatic carbocycles. The molecule has 0 spiro atoms. The quantitative estimate of drug-likeness (QED) is 0.919. The zero-order valence-electron chi connectivity index (χ0n) is 11.6. The van der Waals surface area contributed by atoms with E-state index in [-0.39, 0.29) is 24.1 Å². The standard InChI is InChI=1S/C15H18N2O2S/c1-11(2)15(12-6-5-9-20-12)16-13(18)10-17-8-4-3-7-14(17)19/h3-9,11,15H,10H2,1-2H3,(H,16,18)/t15-/m1/s1. The van der Waals surface area contributed by atoms with Gasteiger partial charge in [0.05, 0.1) is 6.04 Å². The maximum Gasteiger partial charge on any atom is 0.250 e. The summed E-state index contributed by atoms with van der Waals surface area (Å²) < 4.78 is 1.40. The molecule has 0 bridgehead atoms. The van der Waals surface area contributed by atoms with Crippen molar-refractivity contribution < 1.29 is 4.79 Å². The van der Waals surface area contributed by atoms with E-state index in [4.69, 9.17) is 0 Å². The summed E-state index contributed by atoms with van der Waals surface area (Å²) in [7, 11) is 0. The highest BCUT2D eigenvalue weighted by Gasteiger charge is 2.19. The molecule has 2 rings (SSSR count). The molecule has 0 saturated heterocycles. The molecule has 20 heavy (non-hydrogen) atoms. The molecule has 0 aliphatic rings. The van der Waals surface area contributed by atoms with Gasteiger partial charge < -0.3 is 9.88 Å². The summed E-state index contributed by atoms with van der Waals surface area (Å²) in [4.78, 5) is 24.8. The van der Waals surface area contributed by atoms with Crippen molar-refractivity contribution in [2.45, 2.75) is 26.4 Å². The molecular formula is C15H18N2O2S. The second kappa shape index (κ2) is 6.52. The number of amides is 1. The third kappa shape index (κ3) is 3.57. The van der Waals surface area contributed by atoms with Gasteiger partial charge in [0, 0.05) is 17.1 Å². The molecule has 1 amide bonds. The first-order valence-corrected chi connectivity index (χ1v) is 7.44. The number of carbonyl (C=O) groups excluding carboxylic acids is 1. The van der Waals surface area contributed by atoms with E-state index in [2.05, 4.69) is 19.2 Å². The molecule has 0 radical (unpaired) electrons. The van der Waals surface area contributed by atoms with Crippen molar-refractivity contribution in [1.82, 2.24) is 9.88 Å². The van der Waals surface area contributed by atoms with Crippen LogP contribution in [0, 0.1) is 5.92 Å². The minimum atomic E-state index is -0.167. The lowest BCUT2D eigenvalue weighted by atomic mass is 10.0. The number of carbonyl (C=O) groups is 1. The van der Waals surface area contributed by atoms with E-state index in [9.17, 15) is 9.59 Å². The van der Waals surface area contributed by atoms with Crippen molar-refractivity contribution in [3.05, 3.63) is 57.1 Å². The third-order valence-electron chi connectivity index (χ3n) is 3.05. The first kappa shape index (κ1) is 14.5. The summed E-state index contributed by atoms with van der Waals surface area (Å²) in [5.41, 5.74) is -0.167. The summed E-state index contributed by atoms with van der Waals surface area (Å²) in [6, 6.07) is 8.84. The number of thiophene rings is 1. The van der Waals surface area contributed by atoms with Crippen LogP contribution in [0.15, 0.2) is 46.7 Å². The molecule has 2 aromatic rings. The largest absolute Gasteiger partial charge is 0.347 e. The molecule has 1 N–H and O–H groups in total. The number of aromatic nitrogens is 1. The van der Waals surface area contributed by atoms with Crippen LogP contribution < -0.4 is 10.9 Å². The van der Waals surface area contributed by atoms with Crippen LogP contribution in [-0.2, 0) is 11.3 Å². The van der Waals surface area contributed by atoms with Gasteiger partial charge >= 0.3 is 0 Å². The number of rotatable bonds is 5. The zero-order valence-corrected chi connectivity index (χ0v) is 12.4. The molecule has 2 heterocycles. The van der Waals surface area contributed by atoms with Crippen LogP contribution in [0.25, 0.3) is 0 Å². The summed E-state index contributed by atoms with van der Waals surface area (Å²) in [5.74, 6) is 0.149. The van der Waals surface area contributed by atoms with Gasteiger partial charge in [-0.25, -0.2) is 0 Å². The van der Waals surface area contributed by atoms with Gasteiger partial charge in [0.15, 0.2) is 0 Å². The maximum absolute atomic E-state index is 12.1. The maximum atomic E-state index is 12.1. The fourth-order valence-electron chi connectivity index (χ4n) is 2.00. The molecule has 0 unspecified atom stereocenters. The van der Waals surface area contributed by atoms with Crippen LogP contribution in [-0.4, -0.2) is 10.5 Å². The summed E-state index contributed by atoms with van der Waals surface area (Å²) in [5, 5.41) is 5.00. The highest BCUT2D eigenvalue weighted by molar-refractivity contribution is 7.10. The Bertz CT molecular complexity index is 617. The molecule has 5 heteroatoms. The Balaban J connectivity index is 2.06. The van der Waals surface area contributed by atoms with E-state index in [1.54, 1.807) is 29.7 Å². The predicted octanol–water partition coefficient (Wildman–Crippen LogP) is 2.42. The second-order valence-corrected chi connectivity index (χ2v) is 5.95. The van der Waals surface area contributed by atoms with Crippen LogP contribution in [0.4, 0.5) is 0 Å². The van der Waals surface area contributed by atoms with Crippen LogP contribution in [0.3, 0.4) is 0 Å². The van der Waals surface area contributed by atoms with Gasteiger partial charge in [0.2, 0.25) is 5.91 Å². The molecule has 0 saturated carbocycles. The normalized spacial score (nSPS) is 12.3. The van der Waals surface area contributed by atoms with Crippen molar-refractivity contribution in [3.63, 3.8) is 0 Å². The number of pyridine rings is 1. The minimum Gasteiger partial charge on any atom is -0.347 e. The Morgan fingerprint density at radius 3 is 2.70 bits per heavy atom. The Morgan fingerprint density at radius 2 is 2.10 bits per heavy atom. The van der Waals surface area contributed by atoms with Crippen LogP contribution in [0.2, 0.25) is 0 Å². The Kier molecular flexibility index (Phi) is 4.74. The molecule has 106 valence electrons. The Morgan fingerprint density at radius 1 is 1.30 bits per heavy atom. The molecule has 4 nitrogen and oxygen atoms in total. The van der Waals surface area contributed by atoms with Crippen molar-refractivity contribution in [1.29, 1.82) is 0 Å². The van der Waals surface area contributed by atoms with Crippen LogP contribution in [0.1, 0.15) is 24.8 Å². The predicted molar refractivity (Wildman–Crippen MR) is 80.7 cm³/mol. The van der Waals surface area contributed by atoms with E-state index in [0.717, 1.165) is 4.88 Å². The molecule has 0 fully saturated rings. The highest BCUT2D eigenvalue weighted by Crippen LogP contribution is 2.25. The molecule has 1 atom stereocenters. The Labute approximate surface area is 122 Å². The fraction of sp³-hybridized carbons (Fsp3) is 0.333. The van der Waals surface area contributed by atoms with Gasteiger partial charge in [-0.15, -0.1) is 11.3 Å². The number of nitrogens with one attached hydrogen (secondary N) is 1. The number of nitrogens with zero attached hydrogens (tertiary/aromatic N) is 1. The van der Waals surface area contributed by atoms with Gasteiger partial charge in [-0.3, -0.25) is 9.59 Å². The second-order valence-electron chi connectivity index (χ2n) is 4.97. The van der Waals surface area contributed by atoms with Crippen LogP contribution >= 0.6 is 11.3 Å². The van der Waals surface area contributed by atoms with E-state index in [0.29, 0.717) is 5.92 Å². The van der Waals surface area contributed by atoms with Crippen molar-refractivity contribution >= 4 is 17.2 Å². The highest BCUT2D eigenvalue weighted by atomic mass is 32.1. The average Bonchev–Trinajstić information content (AvgIpc) is 2.92. The first-order chi connectivity index (χ1) is 9.58. The topological polar surface area (TPSA) is 51.1 Å². The third-order valence-corrected chi connectivity index (χ3v) is 4.00. The van der Waals surface area contributed by atoms with Gasteiger partial charge in [0.25, 0.3) is 5.56 Å². The molecule has 0 aliphatic heterocycles. The van der Waals surface area contributed by atoms with Gasteiger partial charge in [-0.2, -0.15) is 0 Å². The van der Waals surface area contributed by atoms with E-state index < -0.39 is 0 Å². The fourth-order valence-corrected chi connectivity index (χ4v) is 2.95. The Hall–Kier alpha value is -1.88. The smallest absolute Gasteiger partial charge is 0.250 e. The van der Waals surface area contributed by atoms with Gasteiger partial charge in [-0.1, -0.05) is 26.0 Å². The summed E-state index contributed by atoms with van der Waals surface area (Å²) >= 11 is 1.63. The zero-order chi connectivity index (χ0) is 14.5. The SMILES string of the molecule is CC(C)[C@@H](NC(=O)Cn1ccccc1=O)c1cccs1. The van der Waals surface area contributed by atoms with Crippen LogP contribution in [0.5, 0.6) is 0 Å². The monoisotopic (exact) mass is 290 g/mol. The van der Waals surface area contributed by atoms with Crippen molar-refractivity contribution in [2.24, 2.45) is 5.92 Å². The van der Waals surface area contributed by atoms with E-state index in [1.807, 2.05) is 17.5 Å². The van der Waals surface area contributed by atoms with Crippen molar-refractivity contribution in [2.75, 3.05) is 0 Å². The van der Waals surface area contributed by atoms with E-state index >= 15 is 0 Å². The van der Waals surface area contributed by atoms with Gasteiger partial charge in [-0.05, 0) is 23.4 Å². The molecule has 2 aromatic heterocycles. The summed E-state index contributed by atoms with van der Waals surface area (Å²) in [6.45, 7) is 4.19. The lowest BCUT2D eigenvalue weighted by Crippen LogP contribution is -2.36.